The van der Waals surface area contributed by atoms with Gasteiger partial charge in [0.2, 0.25) is 5.91 Å². The highest BCUT2D eigenvalue weighted by Crippen LogP contribution is 2.18. The van der Waals surface area contributed by atoms with Crippen LogP contribution in [0.1, 0.15) is 66.4 Å². The molecule has 1 aliphatic heterocycles. The molecule has 1 fully saturated rings. The first kappa shape index (κ1) is 28.1. The number of nitrogens with one attached hydrogen (secondary N) is 2. The van der Waals surface area contributed by atoms with Crippen molar-refractivity contribution in [1.82, 2.24) is 15.5 Å². The number of amides is 3. The quantitative estimate of drug-likeness (QED) is 0.602. The fourth-order valence-corrected chi connectivity index (χ4v) is 3.78. The molecule has 0 aliphatic carbocycles. The van der Waals surface area contributed by atoms with Gasteiger partial charge in [-0.15, -0.1) is 0 Å². The summed E-state index contributed by atoms with van der Waals surface area (Å²) >= 11 is 0. The summed E-state index contributed by atoms with van der Waals surface area (Å²) in [4.78, 5) is 52.3. The number of carbonyl (C=O) groups excluding carboxylic acids is 4. The van der Waals surface area contributed by atoms with Crippen LogP contribution in [-0.2, 0) is 25.7 Å². The highest BCUT2D eigenvalue weighted by Gasteiger charge is 2.34. The van der Waals surface area contributed by atoms with Gasteiger partial charge < -0.3 is 20.1 Å². The molecular formula is C26H39N3O6. The largest absolute Gasteiger partial charge is 0.445 e. The van der Waals surface area contributed by atoms with Crippen molar-refractivity contribution in [3.8, 4) is 0 Å². The zero-order valence-electron chi connectivity index (χ0n) is 21.6. The summed E-state index contributed by atoms with van der Waals surface area (Å²) in [5, 5.41) is 5.41. The first-order valence-electron chi connectivity index (χ1n) is 12.2. The number of carbonyl (C=O) groups is 4. The molecule has 3 amide bonds. The number of ether oxygens (including phenoxy) is 2. The molecule has 0 spiro atoms. The second-order valence-corrected chi connectivity index (χ2v) is 10.5. The van der Waals surface area contributed by atoms with Crippen LogP contribution in [0.2, 0.25) is 0 Å². The standard InChI is InChI=1S/C26H39N3O6/c1-17(2)14-21(28-24(32)35-26(4,5)6)23(31)27-20-13-12-18(3)29(15-22(20)30)25(33)34-16-19-10-8-7-9-11-19/h7-11,17-18,20-21H,12-16H2,1-6H3,(H,27,31)(H,28,32)/t18-,20+,21?/m1/s1. The number of benzene rings is 1. The maximum Gasteiger partial charge on any atom is 0.410 e. The van der Waals surface area contributed by atoms with Gasteiger partial charge in [0.15, 0.2) is 5.78 Å². The third kappa shape index (κ3) is 9.58. The smallest absolute Gasteiger partial charge is 0.410 e. The first-order chi connectivity index (χ1) is 16.4. The van der Waals surface area contributed by atoms with Crippen molar-refractivity contribution in [2.24, 2.45) is 5.92 Å². The molecule has 194 valence electrons. The number of nitrogens with zero attached hydrogens (tertiary/aromatic N) is 1. The lowest BCUT2D eigenvalue weighted by molar-refractivity contribution is -0.129. The number of likely N-dealkylation sites (tertiary alicyclic amines) is 1. The predicted molar refractivity (Wildman–Crippen MR) is 132 cm³/mol. The Morgan fingerprint density at radius 2 is 1.77 bits per heavy atom. The van der Waals surface area contributed by atoms with Crippen LogP contribution in [0.3, 0.4) is 0 Å². The van der Waals surface area contributed by atoms with Crippen LogP contribution in [-0.4, -0.2) is 59.0 Å². The Kier molecular flexibility index (Phi) is 10.1. The van der Waals surface area contributed by atoms with Gasteiger partial charge in [-0.1, -0.05) is 44.2 Å². The van der Waals surface area contributed by atoms with Gasteiger partial charge in [0.1, 0.15) is 18.2 Å². The predicted octanol–water partition coefficient (Wildman–Crippen LogP) is 3.80. The van der Waals surface area contributed by atoms with E-state index in [0.29, 0.717) is 19.3 Å². The Bertz CT molecular complexity index is 881. The van der Waals surface area contributed by atoms with Crippen LogP contribution in [0.5, 0.6) is 0 Å². The molecule has 9 heteroatoms. The summed E-state index contributed by atoms with van der Waals surface area (Å²) in [7, 11) is 0. The molecule has 9 nitrogen and oxygen atoms in total. The number of hydrogen-bond donors (Lipinski definition) is 2. The third-order valence-electron chi connectivity index (χ3n) is 5.59. The normalized spacial score (nSPS) is 19.5. The van der Waals surface area contributed by atoms with Crippen LogP contribution < -0.4 is 10.6 Å². The summed E-state index contributed by atoms with van der Waals surface area (Å²) in [5.41, 5.74) is 0.156. The van der Waals surface area contributed by atoms with E-state index in [1.165, 1.54) is 4.90 Å². The van der Waals surface area contributed by atoms with Crippen molar-refractivity contribution in [3.05, 3.63) is 35.9 Å². The van der Waals surface area contributed by atoms with Crippen molar-refractivity contribution >= 4 is 23.9 Å². The Morgan fingerprint density at radius 1 is 1.11 bits per heavy atom. The van der Waals surface area contributed by atoms with Crippen molar-refractivity contribution in [1.29, 1.82) is 0 Å². The summed E-state index contributed by atoms with van der Waals surface area (Å²) in [6, 6.07) is 7.48. The van der Waals surface area contributed by atoms with Crippen LogP contribution in [0.25, 0.3) is 0 Å². The van der Waals surface area contributed by atoms with Gasteiger partial charge in [0.05, 0.1) is 12.6 Å². The molecule has 1 aromatic rings. The van der Waals surface area contributed by atoms with Crippen LogP contribution >= 0.6 is 0 Å². The number of Topliss-reactive ketones (excluding diaryl/α,β-unsaturated/α-hetero) is 1. The number of hydrogen-bond acceptors (Lipinski definition) is 6. The molecule has 0 bridgehead atoms. The van der Waals surface area contributed by atoms with E-state index >= 15 is 0 Å². The topological polar surface area (TPSA) is 114 Å². The Balaban J connectivity index is 2.00. The second kappa shape index (κ2) is 12.6. The maximum atomic E-state index is 13.0. The lowest BCUT2D eigenvalue weighted by Crippen LogP contribution is -2.53. The van der Waals surface area contributed by atoms with E-state index in [9.17, 15) is 19.2 Å². The molecule has 1 saturated heterocycles. The van der Waals surface area contributed by atoms with Gasteiger partial charge in [-0.2, -0.15) is 0 Å². The van der Waals surface area contributed by atoms with Gasteiger partial charge in [0, 0.05) is 6.04 Å². The average Bonchev–Trinajstić information content (AvgIpc) is 2.89. The lowest BCUT2D eigenvalue weighted by Gasteiger charge is -2.26. The molecule has 2 N–H and O–H groups in total. The Hall–Kier alpha value is -3.10. The summed E-state index contributed by atoms with van der Waals surface area (Å²) < 4.78 is 10.7. The molecule has 1 heterocycles. The molecule has 2 rings (SSSR count). The van der Waals surface area contributed by atoms with Crippen molar-refractivity contribution < 1.29 is 28.7 Å². The monoisotopic (exact) mass is 489 g/mol. The minimum atomic E-state index is -0.842. The zero-order valence-corrected chi connectivity index (χ0v) is 21.6. The minimum Gasteiger partial charge on any atom is -0.445 e. The van der Waals surface area contributed by atoms with Gasteiger partial charge >= 0.3 is 12.2 Å². The molecule has 3 atom stereocenters. The van der Waals surface area contributed by atoms with E-state index in [1.807, 2.05) is 51.1 Å². The van der Waals surface area contributed by atoms with Crippen molar-refractivity contribution in [3.63, 3.8) is 0 Å². The summed E-state index contributed by atoms with van der Waals surface area (Å²) in [6.07, 6.45) is 0.0401. The van der Waals surface area contributed by atoms with Gasteiger partial charge in [-0.25, -0.2) is 9.59 Å². The van der Waals surface area contributed by atoms with E-state index in [4.69, 9.17) is 9.47 Å². The first-order valence-corrected chi connectivity index (χ1v) is 12.2. The van der Waals surface area contributed by atoms with Crippen molar-refractivity contribution in [2.75, 3.05) is 6.54 Å². The minimum absolute atomic E-state index is 0.116. The summed E-state index contributed by atoms with van der Waals surface area (Å²) in [6.45, 7) is 10.9. The Labute approximate surface area is 207 Å². The van der Waals surface area contributed by atoms with Crippen LogP contribution in [0, 0.1) is 5.92 Å². The fourth-order valence-electron chi connectivity index (χ4n) is 3.78. The van der Waals surface area contributed by atoms with Crippen LogP contribution in [0.4, 0.5) is 9.59 Å². The molecular weight excluding hydrogens is 450 g/mol. The number of ketones is 1. The number of rotatable bonds is 7. The average molecular weight is 490 g/mol. The van der Waals surface area contributed by atoms with Gasteiger partial charge in [-0.05, 0) is 58.4 Å². The molecule has 0 radical (unpaired) electrons. The summed E-state index contributed by atoms with van der Waals surface area (Å²) in [5.74, 6) is -0.601. The van der Waals surface area contributed by atoms with E-state index < -0.39 is 35.8 Å². The molecule has 0 aromatic heterocycles. The molecule has 1 aromatic carbocycles. The SMILES string of the molecule is CC(C)CC(NC(=O)OC(C)(C)C)C(=O)N[C@H]1CC[C@@H](C)N(C(=O)OCc2ccccc2)CC1=O. The lowest BCUT2D eigenvalue weighted by atomic mass is 10.0. The molecule has 35 heavy (non-hydrogen) atoms. The number of alkyl carbamates (subject to hydrolysis) is 1. The molecule has 1 unspecified atom stereocenters. The molecule has 1 aliphatic rings. The van der Waals surface area contributed by atoms with Gasteiger partial charge in [0.25, 0.3) is 0 Å². The zero-order chi connectivity index (χ0) is 26.2. The van der Waals surface area contributed by atoms with Gasteiger partial charge in [-0.3, -0.25) is 14.5 Å². The third-order valence-corrected chi connectivity index (χ3v) is 5.59. The Morgan fingerprint density at radius 3 is 2.37 bits per heavy atom. The van der Waals surface area contributed by atoms with E-state index in [-0.39, 0.29) is 30.9 Å². The second-order valence-electron chi connectivity index (χ2n) is 10.5. The van der Waals surface area contributed by atoms with E-state index in [2.05, 4.69) is 10.6 Å². The molecule has 0 saturated carbocycles. The van der Waals surface area contributed by atoms with Crippen molar-refractivity contribution in [2.45, 2.75) is 91.1 Å². The van der Waals surface area contributed by atoms with Crippen LogP contribution in [0.15, 0.2) is 30.3 Å². The highest BCUT2D eigenvalue weighted by molar-refractivity contribution is 5.94. The fraction of sp³-hybridized carbons (Fsp3) is 0.615. The maximum absolute atomic E-state index is 13.0. The van der Waals surface area contributed by atoms with E-state index in [0.717, 1.165) is 5.56 Å². The highest BCUT2D eigenvalue weighted by atomic mass is 16.6. The van der Waals surface area contributed by atoms with E-state index in [1.54, 1.807) is 20.8 Å².